The molecule has 1 aromatic heterocycles. The largest absolute Gasteiger partial charge is 0.344 e. The topological polar surface area (TPSA) is 128 Å². The fourth-order valence-electron chi connectivity index (χ4n) is 2.14. The van der Waals surface area contributed by atoms with Crippen molar-refractivity contribution in [1.82, 2.24) is 10.3 Å². The fourth-order valence-corrected chi connectivity index (χ4v) is 2.85. The quantitative estimate of drug-likeness (QED) is 0.652. The van der Waals surface area contributed by atoms with Crippen LogP contribution in [0.15, 0.2) is 17.5 Å². The molecule has 1 N–H and O–H groups in total. The number of hydrogen-bond donors (Lipinski definition) is 1. The highest BCUT2D eigenvalue weighted by Crippen LogP contribution is 2.28. The average Bonchev–Trinajstić information content (AvgIpc) is 2.93. The van der Waals surface area contributed by atoms with Gasteiger partial charge in [-0.15, -0.1) is 11.3 Å². The first kappa shape index (κ1) is 17.5. The highest BCUT2D eigenvalue weighted by atomic mass is 32.1. The molecule has 0 aliphatic rings. The van der Waals surface area contributed by atoms with Crippen LogP contribution in [0.3, 0.4) is 0 Å². The van der Waals surface area contributed by atoms with E-state index in [0.717, 1.165) is 17.1 Å². The Hall–Kier alpha value is -2.88. The molecule has 1 amide bonds. The van der Waals surface area contributed by atoms with Gasteiger partial charge in [0.2, 0.25) is 0 Å². The molecule has 1 unspecified atom stereocenters. The molecular weight excluding hydrogens is 336 g/mol. The van der Waals surface area contributed by atoms with Gasteiger partial charge in [0, 0.05) is 17.0 Å². The molecule has 0 radical (unpaired) electrons. The number of thiazole rings is 1. The lowest BCUT2D eigenvalue weighted by Crippen LogP contribution is -2.27. The van der Waals surface area contributed by atoms with Gasteiger partial charge in [-0.25, -0.2) is 4.98 Å². The molecule has 2 aromatic rings. The number of hydrogen-bond acceptors (Lipinski definition) is 7. The summed E-state index contributed by atoms with van der Waals surface area (Å²) in [6.07, 6.45) is 0. The maximum absolute atomic E-state index is 12.4. The lowest BCUT2D eigenvalue weighted by atomic mass is 10.0. The van der Waals surface area contributed by atoms with Gasteiger partial charge in [0.05, 0.1) is 38.2 Å². The zero-order valence-electron chi connectivity index (χ0n) is 13.1. The summed E-state index contributed by atoms with van der Waals surface area (Å²) >= 11 is 1.43. The molecule has 0 spiro atoms. The second-order valence-corrected chi connectivity index (χ2v) is 6.20. The number of nitro benzene ring substituents is 2. The van der Waals surface area contributed by atoms with Crippen LogP contribution in [-0.2, 0) is 0 Å². The summed E-state index contributed by atoms with van der Waals surface area (Å²) in [5.41, 5.74) is -0.344. The first-order valence-electron chi connectivity index (χ1n) is 6.87. The minimum atomic E-state index is -0.767. The van der Waals surface area contributed by atoms with Crippen molar-refractivity contribution in [2.75, 3.05) is 0 Å². The van der Waals surface area contributed by atoms with Gasteiger partial charge < -0.3 is 5.32 Å². The zero-order chi connectivity index (χ0) is 18.0. The van der Waals surface area contributed by atoms with E-state index in [9.17, 15) is 25.0 Å². The maximum Gasteiger partial charge on any atom is 0.279 e. The third kappa shape index (κ3) is 3.54. The van der Waals surface area contributed by atoms with Crippen molar-refractivity contribution >= 4 is 28.6 Å². The Labute approximate surface area is 140 Å². The number of carbonyl (C=O) groups is 1. The standard InChI is InChI=1S/C14H14N4O5S/c1-7-11(4-10(17(20)21)5-13(7)18(22)23)14(19)15-8(2)12-6-24-9(3)16-12/h4-6,8H,1-3H3,(H,15,19). The number of benzene rings is 1. The second kappa shape index (κ2) is 6.71. The first-order valence-corrected chi connectivity index (χ1v) is 7.75. The number of non-ortho nitro benzene ring substituents is 1. The molecule has 24 heavy (non-hydrogen) atoms. The van der Waals surface area contributed by atoms with Crippen molar-refractivity contribution in [3.8, 4) is 0 Å². The number of nitro groups is 2. The molecular formula is C14H14N4O5S. The van der Waals surface area contributed by atoms with Crippen LogP contribution in [0.4, 0.5) is 11.4 Å². The Kier molecular flexibility index (Phi) is 4.88. The normalized spacial score (nSPS) is 11.8. The summed E-state index contributed by atoms with van der Waals surface area (Å²) in [7, 11) is 0. The Morgan fingerprint density at radius 1 is 1.25 bits per heavy atom. The van der Waals surface area contributed by atoms with Gasteiger partial charge in [0.15, 0.2) is 0 Å². The molecule has 0 saturated carbocycles. The molecule has 0 aliphatic heterocycles. The lowest BCUT2D eigenvalue weighted by molar-refractivity contribution is -0.394. The van der Waals surface area contributed by atoms with E-state index in [1.54, 1.807) is 12.3 Å². The predicted octanol–water partition coefficient (Wildman–Crippen LogP) is 3.07. The summed E-state index contributed by atoms with van der Waals surface area (Å²) < 4.78 is 0. The number of nitrogens with zero attached hydrogens (tertiary/aromatic N) is 3. The van der Waals surface area contributed by atoms with E-state index in [0.29, 0.717) is 5.69 Å². The van der Waals surface area contributed by atoms with Gasteiger partial charge in [0.1, 0.15) is 0 Å². The first-order chi connectivity index (χ1) is 11.2. The van der Waals surface area contributed by atoms with Crippen LogP contribution in [-0.4, -0.2) is 20.7 Å². The smallest absolute Gasteiger partial charge is 0.279 e. The maximum atomic E-state index is 12.4. The molecule has 1 aromatic carbocycles. The van der Waals surface area contributed by atoms with Crippen molar-refractivity contribution in [1.29, 1.82) is 0 Å². The Balaban J connectivity index is 2.37. The number of aromatic nitrogens is 1. The molecule has 0 bridgehead atoms. The lowest BCUT2D eigenvalue weighted by Gasteiger charge is -2.13. The predicted molar refractivity (Wildman–Crippen MR) is 87.2 cm³/mol. The van der Waals surface area contributed by atoms with Gasteiger partial charge in [-0.3, -0.25) is 25.0 Å². The van der Waals surface area contributed by atoms with Crippen LogP contribution >= 0.6 is 11.3 Å². The molecule has 0 saturated heterocycles. The van der Waals surface area contributed by atoms with Gasteiger partial charge >= 0.3 is 0 Å². The van der Waals surface area contributed by atoms with E-state index in [4.69, 9.17) is 0 Å². The third-order valence-electron chi connectivity index (χ3n) is 3.45. The Morgan fingerprint density at radius 3 is 2.42 bits per heavy atom. The van der Waals surface area contributed by atoms with E-state index in [2.05, 4.69) is 10.3 Å². The molecule has 0 aliphatic carbocycles. The van der Waals surface area contributed by atoms with Crippen LogP contribution < -0.4 is 5.32 Å². The van der Waals surface area contributed by atoms with E-state index in [-0.39, 0.29) is 11.1 Å². The summed E-state index contributed by atoms with van der Waals surface area (Å²) in [5.74, 6) is -0.627. The van der Waals surface area contributed by atoms with Crippen LogP contribution in [0.25, 0.3) is 0 Å². The van der Waals surface area contributed by atoms with E-state index in [1.807, 2.05) is 6.92 Å². The summed E-state index contributed by atoms with van der Waals surface area (Å²) in [4.78, 5) is 37.2. The molecule has 0 fully saturated rings. The molecule has 10 heteroatoms. The van der Waals surface area contributed by atoms with Crippen LogP contribution in [0.1, 0.15) is 39.6 Å². The highest BCUT2D eigenvalue weighted by molar-refractivity contribution is 7.09. The molecule has 9 nitrogen and oxygen atoms in total. The summed E-state index contributed by atoms with van der Waals surface area (Å²) in [5, 5.41) is 27.3. The number of amides is 1. The number of rotatable bonds is 5. The van der Waals surface area contributed by atoms with Gasteiger partial charge in [-0.1, -0.05) is 0 Å². The zero-order valence-corrected chi connectivity index (χ0v) is 13.9. The van der Waals surface area contributed by atoms with Crippen LogP contribution in [0.2, 0.25) is 0 Å². The van der Waals surface area contributed by atoms with E-state index < -0.39 is 33.2 Å². The highest BCUT2D eigenvalue weighted by Gasteiger charge is 2.25. The SMILES string of the molecule is Cc1nc(C(C)NC(=O)c2cc([N+](=O)[O-])cc([N+](=O)[O-])c2C)cs1. The number of aryl methyl sites for hydroxylation is 1. The van der Waals surface area contributed by atoms with Crippen molar-refractivity contribution in [2.24, 2.45) is 0 Å². The number of carbonyl (C=O) groups excluding carboxylic acids is 1. The fraction of sp³-hybridized carbons (Fsp3) is 0.286. The van der Waals surface area contributed by atoms with Crippen molar-refractivity contribution in [2.45, 2.75) is 26.8 Å². The second-order valence-electron chi connectivity index (χ2n) is 5.14. The summed E-state index contributed by atoms with van der Waals surface area (Å²) in [6.45, 7) is 4.93. The van der Waals surface area contributed by atoms with Crippen LogP contribution in [0.5, 0.6) is 0 Å². The van der Waals surface area contributed by atoms with Gasteiger partial charge in [-0.05, 0) is 20.8 Å². The number of nitrogens with one attached hydrogen (secondary N) is 1. The van der Waals surface area contributed by atoms with Crippen molar-refractivity contribution in [3.05, 3.63) is 59.6 Å². The minimum Gasteiger partial charge on any atom is -0.344 e. The minimum absolute atomic E-state index is 0.0739. The molecule has 126 valence electrons. The van der Waals surface area contributed by atoms with Crippen molar-refractivity contribution in [3.63, 3.8) is 0 Å². The van der Waals surface area contributed by atoms with Gasteiger partial charge in [0.25, 0.3) is 17.3 Å². The van der Waals surface area contributed by atoms with Crippen LogP contribution in [0, 0.1) is 34.1 Å². The molecule has 1 heterocycles. The Morgan fingerprint density at radius 2 is 1.92 bits per heavy atom. The molecule has 2 rings (SSSR count). The third-order valence-corrected chi connectivity index (χ3v) is 4.24. The molecule has 1 atom stereocenters. The average molecular weight is 350 g/mol. The summed E-state index contributed by atoms with van der Waals surface area (Å²) in [6, 6.07) is 1.45. The van der Waals surface area contributed by atoms with Gasteiger partial charge in [-0.2, -0.15) is 0 Å². The Bertz CT molecular complexity index is 833. The monoisotopic (exact) mass is 350 g/mol. The van der Waals surface area contributed by atoms with E-state index in [1.165, 1.54) is 18.3 Å². The van der Waals surface area contributed by atoms with Crippen molar-refractivity contribution < 1.29 is 14.6 Å². The van der Waals surface area contributed by atoms with E-state index >= 15 is 0 Å².